The topological polar surface area (TPSA) is 67.8 Å². The summed E-state index contributed by atoms with van der Waals surface area (Å²) in [7, 11) is -3.71. The predicted octanol–water partition coefficient (Wildman–Crippen LogP) is 3.79. The fourth-order valence-corrected chi connectivity index (χ4v) is 3.00. The molecule has 0 aliphatic heterocycles. The van der Waals surface area contributed by atoms with Gasteiger partial charge in [-0.05, 0) is 58.8 Å². The van der Waals surface area contributed by atoms with E-state index in [0.717, 1.165) is 5.56 Å². The molecule has 0 radical (unpaired) electrons. The van der Waals surface area contributed by atoms with Crippen molar-refractivity contribution in [3.63, 3.8) is 0 Å². The van der Waals surface area contributed by atoms with Crippen LogP contribution in [0.2, 0.25) is 0 Å². The molecule has 1 N–H and O–H groups in total. The molecule has 0 heterocycles. The van der Waals surface area contributed by atoms with E-state index in [-0.39, 0.29) is 4.90 Å². The molecule has 5 nitrogen and oxygen atoms in total. The lowest BCUT2D eigenvalue weighted by Crippen LogP contribution is -2.18. The highest BCUT2D eigenvalue weighted by molar-refractivity contribution is 9.12. The lowest BCUT2D eigenvalue weighted by Gasteiger charge is -2.05. The van der Waals surface area contributed by atoms with Gasteiger partial charge < -0.3 is 4.74 Å². The molecule has 0 bridgehead atoms. The Balaban J connectivity index is 2.02. The van der Waals surface area contributed by atoms with Crippen LogP contribution in [0.25, 0.3) is 6.08 Å². The summed E-state index contributed by atoms with van der Waals surface area (Å²) in [5.41, 5.74) is 0.977. The van der Waals surface area contributed by atoms with Gasteiger partial charge in [0.05, 0.1) is 17.7 Å². The number of benzene rings is 2. The quantitative estimate of drug-likeness (QED) is 0.559. The molecule has 0 saturated carbocycles. The van der Waals surface area contributed by atoms with Crippen LogP contribution in [0.15, 0.2) is 69.1 Å². The van der Waals surface area contributed by atoms with Crippen LogP contribution in [0.1, 0.15) is 12.5 Å². The molecule has 2 rings (SSSR count). The fraction of sp³-hybridized carbons (Fsp3) is 0.118. The normalized spacial score (nSPS) is 12.3. The summed E-state index contributed by atoms with van der Waals surface area (Å²) in [5, 5.41) is 3.76. The molecular weight excluding hydrogens is 392 g/mol. The minimum absolute atomic E-state index is 0.117. The van der Waals surface area contributed by atoms with Crippen molar-refractivity contribution >= 4 is 38.2 Å². The Morgan fingerprint density at radius 2 is 1.83 bits per heavy atom. The van der Waals surface area contributed by atoms with Crippen LogP contribution in [-0.4, -0.2) is 21.2 Å². The number of sulfonamides is 1. The third-order valence-corrected chi connectivity index (χ3v) is 4.58. The van der Waals surface area contributed by atoms with Gasteiger partial charge in [0, 0.05) is 4.48 Å². The van der Waals surface area contributed by atoms with E-state index in [2.05, 4.69) is 25.9 Å². The van der Waals surface area contributed by atoms with E-state index in [4.69, 9.17) is 4.74 Å². The maximum absolute atomic E-state index is 12.1. The van der Waals surface area contributed by atoms with Gasteiger partial charge in [-0.1, -0.05) is 30.3 Å². The zero-order valence-electron chi connectivity index (χ0n) is 13.0. The summed E-state index contributed by atoms with van der Waals surface area (Å²) in [6.07, 6.45) is 3.22. The van der Waals surface area contributed by atoms with Crippen LogP contribution < -0.4 is 9.57 Å². The molecule has 0 amide bonds. The van der Waals surface area contributed by atoms with Gasteiger partial charge in [-0.25, -0.2) is 4.83 Å². The molecular formula is C17H17BrN2O3S. The second-order valence-corrected chi connectivity index (χ2v) is 7.27. The Bertz CT molecular complexity index is 817. The van der Waals surface area contributed by atoms with Gasteiger partial charge in [0.15, 0.2) is 0 Å². The first-order valence-electron chi connectivity index (χ1n) is 7.21. The number of hydrogen-bond donors (Lipinski definition) is 1. The van der Waals surface area contributed by atoms with Crippen molar-refractivity contribution in [2.24, 2.45) is 5.10 Å². The average molecular weight is 409 g/mol. The van der Waals surface area contributed by atoms with E-state index in [0.29, 0.717) is 16.8 Å². The Hall–Kier alpha value is -2.12. The van der Waals surface area contributed by atoms with Gasteiger partial charge in [-0.15, -0.1) is 0 Å². The van der Waals surface area contributed by atoms with E-state index >= 15 is 0 Å². The SMILES string of the molecule is CCOc1ccc(S(=O)(=O)N/N=C\C(Br)=C\c2ccccc2)cc1. The van der Waals surface area contributed by atoms with Crippen molar-refractivity contribution in [1.29, 1.82) is 0 Å². The number of ether oxygens (including phenoxy) is 1. The van der Waals surface area contributed by atoms with Crippen LogP contribution in [-0.2, 0) is 10.0 Å². The molecule has 126 valence electrons. The van der Waals surface area contributed by atoms with Crippen LogP contribution in [0.4, 0.5) is 0 Å². The Kier molecular flexibility index (Phi) is 6.57. The smallest absolute Gasteiger partial charge is 0.276 e. The second-order valence-electron chi connectivity index (χ2n) is 4.70. The van der Waals surface area contributed by atoms with Gasteiger partial charge >= 0.3 is 0 Å². The first kappa shape index (κ1) is 18.2. The van der Waals surface area contributed by atoms with Gasteiger partial charge in [0.25, 0.3) is 10.0 Å². The summed E-state index contributed by atoms with van der Waals surface area (Å²) in [6.45, 7) is 2.39. The number of hydrazone groups is 1. The average Bonchev–Trinajstić information content (AvgIpc) is 2.56. The third-order valence-electron chi connectivity index (χ3n) is 2.91. The van der Waals surface area contributed by atoms with E-state index < -0.39 is 10.0 Å². The van der Waals surface area contributed by atoms with E-state index in [1.807, 2.05) is 43.3 Å². The molecule has 0 spiro atoms. The van der Waals surface area contributed by atoms with Crippen molar-refractivity contribution in [1.82, 2.24) is 4.83 Å². The van der Waals surface area contributed by atoms with E-state index in [1.54, 1.807) is 12.1 Å². The standard InChI is InChI=1S/C17H17BrN2O3S/c1-2-23-16-8-10-17(11-9-16)24(21,22)20-19-13-15(18)12-14-6-4-3-5-7-14/h3-13,20H,2H2,1H3/b15-12-,19-13-. The van der Waals surface area contributed by atoms with Crippen LogP contribution >= 0.6 is 15.9 Å². The van der Waals surface area contributed by atoms with Crippen molar-refractivity contribution in [2.75, 3.05) is 6.61 Å². The molecule has 0 fully saturated rings. The fourth-order valence-electron chi connectivity index (χ4n) is 1.84. The highest BCUT2D eigenvalue weighted by atomic mass is 79.9. The minimum atomic E-state index is -3.71. The summed E-state index contributed by atoms with van der Waals surface area (Å²) in [6, 6.07) is 15.8. The summed E-state index contributed by atoms with van der Waals surface area (Å²) < 4.78 is 30.2. The maximum atomic E-state index is 12.1. The second kappa shape index (κ2) is 8.65. The number of nitrogens with zero attached hydrogens (tertiary/aromatic N) is 1. The molecule has 24 heavy (non-hydrogen) atoms. The first-order chi connectivity index (χ1) is 11.5. The van der Waals surface area contributed by atoms with Crippen molar-refractivity contribution in [3.8, 4) is 5.75 Å². The van der Waals surface area contributed by atoms with Crippen molar-refractivity contribution in [3.05, 3.63) is 64.6 Å². The molecule has 0 saturated heterocycles. The van der Waals surface area contributed by atoms with E-state index in [9.17, 15) is 8.42 Å². The zero-order chi connectivity index (χ0) is 17.4. The summed E-state index contributed by atoms with van der Waals surface area (Å²) >= 11 is 3.33. The molecule has 0 atom stereocenters. The molecule has 0 aromatic heterocycles. The van der Waals surface area contributed by atoms with Crippen LogP contribution in [0.3, 0.4) is 0 Å². The van der Waals surface area contributed by atoms with Crippen molar-refractivity contribution < 1.29 is 13.2 Å². The molecule has 0 unspecified atom stereocenters. The Morgan fingerprint density at radius 3 is 2.46 bits per heavy atom. The number of nitrogens with one attached hydrogen (secondary N) is 1. The van der Waals surface area contributed by atoms with Crippen LogP contribution in [0, 0.1) is 0 Å². The monoisotopic (exact) mass is 408 g/mol. The molecule has 0 aliphatic rings. The van der Waals surface area contributed by atoms with Gasteiger partial charge in [-0.3, -0.25) is 0 Å². The first-order valence-corrected chi connectivity index (χ1v) is 9.49. The number of rotatable bonds is 7. The highest BCUT2D eigenvalue weighted by Crippen LogP contribution is 2.16. The summed E-state index contributed by atoms with van der Waals surface area (Å²) in [4.78, 5) is 2.29. The Morgan fingerprint density at radius 1 is 1.17 bits per heavy atom. The lowest BCUT2D eigenvalue weighted by molar-refractivity contribution is 0.340. The number of halogens is 1. The Labute approximate surface area is 150 Å². The van der Waals surface area contributed by atoms with Crippen LogP contribution in [0.5, 0.6) is 5.75 Å². The lowest BCUT2D eigenvalue weighted by atomic mass is 10.2. The minimum Gasteiger partial charge on any atom is -0.494 e. The zero-order valence-corrected chi connectivity index (χ0v) is 15.4. The number of allylic oxidation sites excluding steroid dienone is 1. The highest BCUT2D eigenvalue weighted by Gasteiger charge is 2.12. The van der Waals surface area contributed by atoms with Gasteiger partial charge in [-0.2, -0.15) is 13.5 Å². The van der Waals surface area contributed by atoms with Crippen molar-refractivity contribution in [2.45, 2.75) is 11.8 Å². The number of hydrogen-bond acceptors (Lipinski definition) is 4. The largest absolute Gasteiger partial charge is 0.494 e. The molecule has 7 heteroatoms. The van der Waals surface area contributed by atoms with E-state index in [1.165, 1.54) is 18.3 Å². The molecule has 2 aromatic rings. The molecule has 2 aromatic carbocycles. The van der Waals surface area contributed by atoms with Gasteiger partial charge in [0.1, 0.15) is 5.75 Å². The summed E-state index contributed by atoms with van der Waals surface area (Å²) in [5.74, 6) is 0.619. The third kappa shape index (κ3) is 5.50. The molecule has 0 aliphatic carbocycles. The predicted molar refractivity (Wildman–Crippen MR) is 99.8 cm³/mol. The van der Waals surface area contributed by atoms with Gasteiger partial charge in [0.2, 0.25) is 0 Å². The maximum Gasteiger partial charge on any atom is 0.276 e.